The Morgan fingerprint density at radius 3 is 2.87 bits per heavy atom. The second-order valence-electron chi connectivity index (χ2n) is 3.03. The molecule has 0 saturated heterocycles. The van der Waals surface area contributed by atoms with Gasteiger partial charge >= 0.3 is 0 Å². The number of carbonyl (C=O) groups is 1. The third-order valence-electron chi connectivity index (χ3n) is 2.02. The highest BCUT2D eigenvalue weighted by Gasteiger charge is 2.01. The number of ether oxygens (including phenoxy) is 1. The Bertz CT molecular complexity index is 356. The van der Waals surface area contributed by atoms with Crippen molar-refractivity contribution in [3.8, 4) is 5.75 Å². The lowest BCUT2D eigenvalue weighted by Crippen LogP contribution is -1.91. The topological polar surface area (TPSA) is 46.5 Å². The molecule has 0 bridgehead atoms. The van der Waals surface area contributed by atoms with E-state index in [0.717, 1.165) is 17.4 Å². The second kappa shape index (κ2) is 5.98. The van der Waals surface area contributed by atoms with Crippen molar-refractivity contribution in [3.63, 3.8) is 0 Å². The van der Waals surface area contributed by atoms with Gasteiger partial charge in [-0.25, -0.2) is 0 Å². The summed E-state index contributed by atoms with van der Waals surface area (Å²) in [5, 5.41) is 9.01. The van der Waals surface area contributed by atoms with E-state index in [1.165, 1.54) is 0 Å². The lowest BCUT2D eigenvalue weighted by molar-refractivity contribution is -0.107. The minimum atomic E-state index is -0.0402. The molecule has 3 heteroatoms. The van der Waals surface area contributed by atoms with E-state index >= 15 is 0 Å². The van der Waals surface area contributed by atoms with Crippen molar-refractivity contribution in [2.75, 3.05) is 7.11 Å². The fraction of sp³-hybridized carbons (Fsp3) is 0.250. The average Bonchev–Trinajstić information content (AvgIpc) is 2.29. The first kappa shape index (κ1) is 11.5. The first-order chi connectivity index (χ1) is 7.31. The molecular formula is C12H14O3. The van der Waals surface area contributed by atoms with E-state index in [9.17, 15) is 4.79 Å². The van der Waals surface area contributed by atoms with E-state index in [4.69, 9.17) is 9.84 Å². The highest BCUT2D eigenvalue weighted by atomic mass is 16.5. The number of methoxy groups -OCH3 is 1. The molecule has 0 spiro atoms. The molecule has 0 unspecified atom stereocenters. The summed E-state index contributed by atoms with van der Waals surface area (Å²) in [5.74, 6) is 0.658. The number of hydrogen-bond acceptors (Lipinski definition) is 3. The number of allylic oxidation sites excluding steroid dienone is 1. The molecule has 0 radical (unpaired) electrons. The van der Waals surface area contributed by atoms with E-state index < -0.39 is 0 Å². The Morgan fingerprint density at radius 2 is 2.27 bits per heavy atom. The average molecular weight is 206 g/mol. The number of carbonyl (C=O) groups excluding carboxylic acids is 1. The Balaban J connectivity index is 2.87. The highest BCUT2D eigenvalue weighted by molar-refractivity contribution is 5.59. The predicted molar refractivity (Wildman–Crippen MR) is 58.6 cm³/mol. The first-order valence-electron chi connectivity index (χ1n) is 4.69. The summed E-state index contributed by atoms with van der Waals surface area (Å²) in [6, 6.07) is 5.50. The SMILES string of the molecule is COc1cc(C=CCC=O)ccc1CO. The van der Waals surface area contributed by atoms with Crippen LogP contribution in [0, 0.1) is 0 Å². The van der Waals surface area contributed by atoms with E-state index in [-0.39, 0.29) is 6.61 Å². The van der Waals surface area contributed by atoms with Crippen LogP contribution in [0.1, 0.15) is 17.5 Å². The van der Waals surface area contributed by atoms with Crippen LogP contribution < -0.4 is 4.74 Å². The van der Waals surface area contributed by atoms with Gasteiger partial charge in [-0.2, -0.15) is 0 Å². The fourth-order valence-corrected chi connectivity index (χ4v) is 1.26. The minimum Gasteiger partial charge on any atom is -0.496 e. The number of rotatable bonds is 5. The Kier molecular flexibility index (Phi) is 4.57. The van der Waals surface area contributed by atoms with Gasteiger partial charge in [0.25, 0.3) is 0 Å². The quantitative estimate of drug-likeness (QED) is 0.747. The lowest BCUT2D eigenvalue weighted by atomic mass is 10.1. The van der Waals surface area contributed by atoms with Crippen LogP contribution in [0.25, 0.3) is 6.08 Å². The molecule has 3 nitrogen and oxygen atoms in total. The summed E-state index contributed by atoms with van der Waals surface area (Å²) in [6.07, 6.45) is 4.87. The normalized spacial score (nSPS) is 10.5. The van der Waals surface area contributed by atoms with Gasteiger partial charge in [0.1, 0.15) is 12.0 Å². The smallest absolute Gasteiger partial charge is 0.124 e. The summed E-state index contributed by atoms with van der Waals surface area (Å²) in [4.78, 5) is 10.1. The van der Waals surface area contributed by atoms with Crippen molar-refractivity contribution in [3.05, 3.63) is 35.4 Å². The van der Waals surface area contributed by atoms with Gasteiger partial charge in [-0.05, 0) is 11.6 Å². The van der Waals surface area contributed by atoms with Crippen LogP contribution in [-0.2, 0) is 11.4 Å². The molecule has 0 aliphatic heterocycles. The third kappa shape index (κ3) is 3.22. The van der Waals surface area contributed by atoms with E-state index in [1.54, 1.807) is 19.3 Å². The summed E-state index contributed by atoms with van der Waals surface area (Å²) < 4.78 is 5.12. The molecule has 0 heterocycles. The monoisotopic (exact) mass is 206 g/mol. The molecule has 0 aromatic heterocycles. The molecule has 0 atom stereocenters. The van der Waals surface area contributed by atoms with Gasteiger partial charge in [0, 0.05) is 12.0 Å². The van der Waals surface area contributed by atoms with E-state index in [2.05, 4.69) is 0 Å². The van der Waals surface area contributed by atoms with Crippen LogP contribution in [0.2, 0.25) is 0 Å². The van der Waals surface area contributed by atoms with Crippen molar-refractivity contribution >= 4 is 12.4 Å². The molecule has 1 N–H and O–H groups in total. The molecule has 80 valence electrons. The van der Waals surface area contributed by atoms with Gasteiger partial charge < -0.3 is 14.6 Å². The molecule has 0 aliphatic rings. The molecule has 15 heavy (non-hydrogen) atoms. The highest BCUT2D eigenvalue weighted by Crippen LogP contribution is 2.20. The zero-order valence-electron chi connectivity index (χ0n) is 8.64. The van der Waals surface area contributed by atoms with E-state index in [1.807, 2.05) is 18.2 Å². The minimum absolute atomic E-state index is 0.0402. The molecule has 1 aromatic rings. The molecular weight excluding hydrogens is 192 g/mol. The van der Waals surface area contributed by atoms with Crippen LogP contribution >= 0.6 is 0 Å². The molecule has 0 amide bonds. The zero-order valence-corrected chi connectivity index (χ0v) is 8.64. The lowest BCUT2D eigenvalue weighted by Gasteiger charge is -2.06. The number of benzene rings is 1. The third-order valence-corrected chi connectivity index (χ3v) is 2.02. The molecule has 0 aliphatic carbocycles. The van der Waals surface area contributed by atoms with Crippen LogP contribution in [0.5, 0.6) is 5.75 Å². The van der Waals surface area contributed by atoms with Crippen LogP contribution in [0.15, 0.2) is 24.3 Å². The molecule has 1 rings (SSSR count). The predicted octanol–water partition coefficient (Wildman–Crippen LogP) is 1.79. The van der Waals surface area contributed by atoms with Gasteiger partial charge in [0.05, 0.1) is 13.7 Å². The largest absolute Gasteiger partial charge is 0.496 e. The zero-order chi connectivity index (χ0) is 11.1. The molecule has 0 saturated carbocycles. The van der Waals surface area contributed by atoms with Crippen LogP contribution in [0.4, 0.5) is 0 Å². The van der Waals surface area contributed by atoms with Gasteiger partial charge in [-0.15, -0.1) is 0 Å². The van der Waals surface area contributed by atoms with Gasteiger partial charge in [0.2, 0.25) is 0 Å². The van der Waals surface area contributed by atoms with Crippen molar-refractivity contribution < 1.29 is 14.6 Å². The standard InChI is InChI=1S/C12H14O3/c1-15-12-8-10(4-2-3-7-13)5-6-11(12)9-14/h2,4-8,14H,3,9H2,1H3. The van der Waals surface area contributed by atoms with Crippen LogP contribution in [0.3, 0.4) is 0 Å². The van der Waals surface area contributed by atoms with Crippen molar-refractivity contribution in [1.29, 1.82) is 0 Å². The first-order valence-corrected chi connectivity index (χ1v) is 4.69. The number of aliphatic hydroxyl groups is 1. The fourth-order valence-electron chi connectivity index (χ4n) is 1.26. The van der Waals surface area contributed by atoms with Crippen molar-refractivity contribution in [1.82, 2.24) is 0 Å². The van der Waals surface area contributed by atoms with Crippen molar-refractivity contribution in [2.45, 2.75) is 13.0 Å². The Morgan fingerprint density at radius 1 is 1.47 bits per heavy atom. The maximum absolute atomic E-state index is 10.1. The Hall–Kier alpha value is -1.61. The molecule has 1 aromatic carbocycles. The Labute approximate surface area is 89.0 Å². The van der Waals surface area contributed by atoms with Gasteiger partial charge in [0.15, 0.2) is 0 Å². The number of hydrogen-bond donors (Lipinski definition) is 1. The molecule has 0 fully saturated rings. The maximum atomic E-state index is 10.1. The second-order valence-corrected chi connectivity index (χ2v) is 3.03. The number of aliphatic hydroxyl groups excluding tert-OH is 1. The summed E-state index contributed by atoms with van der Waals surface area (Å²) >= 11 is 0. The summed E-state index contributed by atoms with van der Waals surface area (Å²) in [5.41, 5.74) is 1.70. The van der Waals surface area contributed by atoms with Gasteiger partial charge in [-0.1, -0.05) is 24.3 Å². The van der Waals surface area contributed by atoms with Gasteiger partial charge in [-0.3, -0.25) is 0 Å². The van der Waals surface area contributed by atoms with E-state index in [0.29, 0.717) is 12.2 Å². The maximum Gasteiger partial charge on any atom is 0.124 e. The number of aldehydes is 1. The summed E-state index contributed by atoms with van der Waals surface area (Å²) in [7, 11) is 1.56. The van der Waals surface area contributed by atoms with Crippen molar-refractivity contribution in [2.24, 2.45) is 0 Å². The summed E-state index contributed by atoms with van der Waals surface area (Å²) in [6.45, 7) is -0.0402. The van der Waals surface area contributed by atoms with Crippen LogP contribution in [-0.4, -0.2) is 18.5 Å².